The first kappa shape index (κ1) is 13.1. The molecule has 0 aliphatic rings. The van der Waals surface area contributed by atoms with Crippen molar-refractivity contribution < 1.29 is 14.1 Å². The topological polar surface area (TPSA) is 91.2 Å². The molecule has 0 spiro atoms. The Morgan fingerprint density at radius 1 is 1.32 bits per heavy atom. The molecule has 0 aliphatic heterocycles. The minimum atomic E-state index is -0.565. The largest absolute Gasteiger partial charge is 0.460 e. The summed E-state index contributed by atoms with van der Waals surface area (Å²) >= 11 is 0. The quantitative estimate of drug-likeness (QED) is 0.649. The van der Waals surface area contributed by atoms with Crippen LogP contribution in [0.5, 0.6) is 0 Å². The van der Waals surface area contributed by atoms with Gasteiger partial charge in [0.2, 0.25) is 5.89 Å². The second-order valence-electron chi connectivity index (χ2n) is 3.97. The van der Waals surface area contributed by atoms with Gasteiger partial charge in [0.25, 0.3) is 5.82 Å². The normalized spacial score (nSPS) is 10.4. The highest BCUT2D eigenvalue weighted by molar-refractivity contribution is 5.84. The molecule has 2 aromatic rings. The molecule has 0 atom stereocenters. The third-order valence-electron chi connectivity index (χ3n) is 2.53. The van der Waals surface area contributed by atoms with Crippen LogP contribution in [-0.4, -0.2) is 22.7 Å². The highest BCUT2D eigenvalue weighted by Crippen LogP contribution is 2.09. The fraction of sp³-hybridized carbons (Fsp3) is 0.308. The standard InChI is InChI=1S/C13H15N3O3/c1-2-18-13(17)12-15-11(19-16-12)8-5-9-3-6-10(14)7-4-9/h3-4,6-7H,2,5,8,14H2,1H3. The molecule has 1 aromatic carbocycles. The van der Waals surface area contributed by atoms with Gasteiger partial charge in [0.05, 0.1) is 6.61 Å². The SMILES string of the molecule is CCOC(=O)c1noc(CCc2ccc(N)cc2)n1. The van der Waals surface area contributed by atoms with E-state index < -0.39 is 5.97 Å². The van der Waals surface area contributed by atoms with E-state index >= 15 is 0 Å². The number of ether oxygens (including phenoxy) is 1. The van der Waals surface area contributed by atoms with Crippen molar-refractivity contribution in [2.45, 2.75) is 19.8 Å². The first-order chi connectivity index (χ1) is 9.19. The van der Waals surface area contributed by atoms with Gasteiger partial charge in [-0.1, -0.05) is 12.1 Å². The number of nitrogens with zero attached hydrogens (tertiary/aromatic N) is 2. The number of hydrogen-bond donors (Lipinski definition) is 1. The number of nitrogen functional groups attached to an aromatic ring is 1. The second kappa shape index (κ2) is 5.99. The van der Waals surface area contributed by atoms with E-state index in [1.807, 2.05) is 24.3 Å². The monoisotopic (exact) mass is 261 g/mol. The van der Waals surface area contributed by atoms with Gasteiger partial charge in [0.15, 0.2) is 0 Å². The smallest absolute Gasteiger partial charge is 0.379 e. The Hall–Kier alpha value is -2.37. The van der Waals surface area contributed by atoms with Crippen LogP contribution in [0.4, 0.5) is 5.69 Å². The summed E-state index contributed by atoms with van der Waals surface area (Å²) in [5.74, 6) is -0.181. The summed E-state index contributed by atoms with van der Waals surface area (Å²) in [6.45, 7) is 2.01. The van der Waals surface area contributed by atoms with Crippen molar-refractivity contribution in [1.82, 2.24) is 10.1 Å². The highest BCUT2D eigenvalue weighted by Gasteiger charge is 2.15. The van der Waals surface area contributed by atoms with Crippen molar-refractivity contribution >= 4 is 11.7 Å². The Kier molecular flexibility index (Phi) is 4.12. The molecule has 0 amide bonds. The lowest BCUT2D eigenvalue weighted by Gasteiger charge is -1.98. The molecule has 6 heteroatoms. The lowest BCUT2D eigenvalue weighted by molar-refractivity contribution is 0.0508. The summed E-state index contributed by atoms with van der Waals surface area (Å²) in [7, 11) is 0. The average Bonchev–Trinajstić information content (AvgIpc) is 2.87. The van der Waals surface area contributed by atoms with Crippen LogP contribution in [0.15, 0.2) is 28.8 Å². The molecule has 0 radical (unpaired) electrons. The lowest BCUT2D eigenvalue weighted by Crippen LogP contribution is -2.06. The summed E-state index contributed by atoms with van der Waals surface area (Å²) in [4.78, 5) is 15.3. The number of aromatic nitrogens is 2. The van der Waals surface area contributed by atoms with Crippen LogP contribution < -0.4 is 5.73 Å². The van der Waals surface area contributed by atoms with E-state index in [9.17, 15) is 4.79 Å². The van der Waals surface area contributed by atoms with Gasteiger partial charge in [0, 0.05) is 12.1 Å². The number of carbonyl (C=O) groups is 1. The Balaban J connectivity index is 1.93. The zero-order valence-corrected chi connectivity index (χ0v) is 10.6. The first-order valence-electron chi connectivity index (χ1n) is 6.03. The number of aryl methyl sites for hydroxylation is 2. The maximum Gasteiger partial charge on any atom is 0.379 e. The summed E-state index contributed by atoms with van der Waals surface area (Å²) in [6, 6.07) is 7.57. The van der Waals surface area contributed by atoms with Gasteiger partial charge in [-0.2, -0.15) is 4.98 Å². The minimum Gasteiger partial charge on any atom is -0.460 e. The van der Waals surface area contributed by atoms with Crippen LogP contribution in [0.3, 0.4) is 0 Å². The van der Waals surface area contributed by atoms with Crippen LogP contribution >= 0.6 is 0 Å². The van der Waals surface area contributed by atoms with Gasteiger partial charge in [-0.05, 0) is 36.2 Å². The molecule has 0 bridgehead atoms. The van der Waals surface area contributed by atoms with Gasteiger partial charge in [-0.3, -0.25) is 0 Å². The third-order valence-corrected chi connectivity index (χ3v) is 2.53. The molecule has 6 nitrogen and oxygen atoms in total. The van der Waals surface area contributed by atoms with Gasteiger partial charge in [-0.15, -0.1) is 0 Å². The Morgan fingerprint density at radius 2 is 2.05 bits per heavy atom. The average molecular weight is 261 g/mol. The number of anilines is 1. The lowest BCUT2D eigenvalue weighted by atomic mass is 10.1. The number of carbonyl (C=O) groups excluding carboxylic acids is 1. The number of hydrogen-bond acceptors (Lipinski definition) is 6. The van der Waals surface area contributed by atoms with E-state index in [4.69, 9.17) is 15.0 Å². The van der Waals surface area contributed by atoms with Crippen LogP contribution in [0, 0.1) is 0 Å². The third kappa shape index (κ3) is 3.54. The maximum absolute atomic E-state index is 11.3. The molecule has 0 fully saturated rings. The highest BCUT2D eigenvalue weighted by atomic mass is 16.5. The molecule has 19 heavy (non-hydrogen) atoms. The van der Waals surface area contributed by atoms with E-state index in [1.165, 1.54) is 0 Å². The molecule has 1 heterocycles. The number of esters is 1. The van der Waals surface area contributed by atoms with Crippen LogP contribution in [0.2, 0.25) is 0 Å². The molecule has 2 rings (SSSR count). The van der Waals surface area contributed by atoms with Gasteiger partial charge in [0.1, 0.15) is 0 Å². The Morgan fingerprint density at radius 3 is 2.74 bits per heavy atom. The van der Waals surface area contributed by atoms with E-state index in [2.05, 4.69) is 10.1 Å². The number of benzene rings is 1. The molecule has 1 aromatic heterocycles. The molecule has 0 aliphatic carbocycles. The molecule has 100 valence electrons. The zero-order valence-electron chi connectivity index (χ0n) is 10.6. The first-order valence-corrected chi connectivity index (χ1v) is 6.03. The van der Waals surface area contributed by atoms with Gasteiger partial charge >= 0.3 is 5.97 Å². The van der Waals surface area contributed by atoms with Crippen molar-refractivity contribution in [3.63, 3.8) is 0 Å². The molecular formula is C13H15N3O3. The number of rotatable bonds is 5. The van der Waals surface area contributed by atoms with Crippen LogP contribution in [-0.2, 0) is 17.6 Å². The molecule has 0 unspecified atom stereocenters. The summed E-state index contributed by atoms with van der Waals surface area (Å²) in [6.07, 6.45) is 1.31. The fourth-order valence-corrected chi connectivity index (χ4v) is 1.57. The molecule has 0 saturated heterocycles. The van der Waals surface area contributed by atoms with Gasteiger partial charge in [-0.25, -0.2) is 4.79 Å². The van der Waals surface area contributed by atoms with Crippen molar-refractivity contribution in [1.29, 1.82) is 0 Å². The summed E-state index contributed by atoms with van der Waals surface area (Å²) in [5, 5.41) is 3.58. The second-order valence-corrected chi connectivity index (χ2v) is 3.97. The summed E-state index contributed by atoms with van der Waals surface area (Å²) in [5.41, 5.74) is 7.45. The maximum atomic E-state index is 11.3. The Bertz CT molecular complexity index is 549. The van der Waals surface area contributed by atoms with Crippen molar-refractivity contribution in [2.75, 3.05) is 12.3 Å². The molecule has 2 N–H and O–H groups in total. The predicted octanol–water partition coefficient (Wildman–Crippen LogP) is 1.61. The summed E-state index contributed by atoms with van der Waals surface area (Å²) < 4.78 is 9.77. The van der Waals surface area contributed by atoms with Gasteiger partial charge < -0.3 is 15.0 Å². The van der Waals surface area contributed by atoms with E-state index in [1.54, 1.807) is 6.92 Å². The van der Waals surface area contributed by atoms with E-state index in [0.29, 0.717) is 12.3 Å². The van der Waals surface area contributed by atoms with E-state index in [-0.39, 0.29) is 12.4 Å². The number of nitrogens with two attached hydrogens (primary N) is 1. The Labute approximate surface area is 110 Å². The zero-order chi connectivity index (χ0) is 13.7. The van der Waals surface area contributed by atoms with Crippen molar-refractivity contribution in [2.24, 2.45) is 0 Å². The fourth-order valence-electron chi connectivity index (χ4n) is 1.57. The minimum absolute atomic E-state index is 0.0332. The molecule has 0 saturated carbocycles. The molecular weight excluding hydrogens is 246 g/mol. The predicted molar refractivity (Wildman–Crippen MR) is 68.5 cm³/mol. The van der Waals surface area contributed by atoms with Crippen molar-refractivity contribution in [3.8, 4) is 0 Å². The van der Waals surface area contributed by atoms with Crippen LogP contribution in [0.25, 0.3) is 0 Å². The van der Waals surface area contributed by atoms with Crippen molar-refractivity contribution in [3.05, 3.63) is 41.5 Å². The van der Waals surface area contributed by atoms with E-state index in [0.717, 1.165) is 17.7 Å². The van der Waals surface area contributed by atoms with Crippen LogP contribution in [0.1, 0.15) is 29.0 Å².